The number of rotatable bonds is 10. The van der Waals surface area contributed by atoms with Gasteiger partial charge >= 0.3 is 0 Å². The molecule has 4 N–H and O–H groups in total. The molecule has 2 aromatic carbocycles. The molecule has 0 fully saturated rings. The van der Waals surface area contributed by atoms with Crippen LogP contribution >= 0.6 is 11.6 Å². The van der Waals surface area contributed by atoms with Gasteiger partial charge in [-0.2, -0.15) is 0 Å². The molecule has 3 aromatic rings. The molecule has 0 saturated carbocycles. The first-order valence-electron chi connectivity index (χ1n) is 10.1. The van der Waals surface area contributed by atoms with E-state index in [9.17, 15) is 18.8 Å². The molecule has 2 amide bonds. The zero-order valence-corrected chi connectivity index (χ0v) is 18.6. The smallest absolute Gasteiger partial charge is 0.253 e. The van der Waals surface area contributed by atoms with E-state index in [1.54, 1.807) is 30.3 Å². The third-order valence-electron chi connectivity index (χ3n) is 5.04. The lowest BCUT2D eigenvalue weighted by molar-refractivity contribution is -0.118. The third-order valence-corrected chi connectivity index (χ3v) is 5.28. The number of ketones is 1. The Bertz CT molecular complexity index is 1180. The fourth-order valence-electron chi connectivity index (χ4n) is 3.50. The van der Waals surface area contributed by atoms with E-state index >= 15 is 0 Å². The van der Waals surface area contributed by atoms with Crippen molar-refractivity contribution >= 4 is 29.2 Å². The molecule has 0 radical (unpaired) electrons. The second kappa shape index (κ2) is 10.9. The summed E-state index contributed by atoms with van der Waals surface area (Å²) in [6.45, 7) is 0.172. The largest absolute Gasteiger partial charge is 0.384 e. The minimum absolute atomic E-state index is 0.0480. The van der Waals surface area contributed by atoms with Crippen molar-refractivity contribution < 1.29 is 23.5 Å². The van der Waals surface area contributed by atoms with E-state index in [2.05, 4.69) is 10.3 Å². The van der Waals surface area contributed by atoms with Crippen molar-refractivity contribution in [3.8, 4) is 11.1 Å². The number of nitrogens with two attached hydrogens (primary N) is 1. The number of halogens is 2. The van der Waals surface area contributed by atoms with Crippen molar-refractivity contribution in [3.05, 3.63) is 82.4 Å². The van der Waals surface area contributed by atoms with Crippen LogP contribution in [0.1, 0.15) is 45.3 Å². The maximum absolute atomic E-state index is 14.7. The number of primary amides is 1. The Labute approximate surface area is 195 Å². The molecule has 1 heterocycles. The number of H-pyrrole nitrogens is 1. The summed E-state index contributed by atoms with van der Waals surface area (Å²) in [5.41, 5.74) is 6.33. The van der Waals surface area contributed by atoms with Crippen molar-refractivity contribution in [3.63, 3.8) is 0 Å². The molecule has 0 saturated heterocycles. The molecule has 1 aromatic heterocycles. The van der Waals surface area contributed by atoms with Gasteiger partial charge in [0.2, 0.25) is 5.91 Å². The highest BCUT2D eigenvalue weighted by molar-refractivity contribution is 6.30. The van der Waals surface area contributed by atoms with E-state index in [0.29, 0.717) is 10.6 Å². The predicted molar refractivity (Wildman–Crippen MR) is 122 cm³/mol. The normalized spacial score (nSPS) is 11.7. The summed E-state index contributed by atoms with van der Waals surface area (Å²) < 4.78 is 19.6. The Morgan fingerprint density at radius 3 is 2.61 bits per heavy atom. The van der Waals surface area contributed by atoms with Gasteiger partial charge in [-0.1, -0.05) is 41.9 Å². The van der Waals surface area contributed by atoms with Gasteiger partial charge in [-0.3, -0.25) is 14.4 Å². The number of amides is 2. The molecule has 3 rings (SSSR count). The highest BCUT2D eigenvalue weighted by Crippen LogP contribution is 2.31. The number of aromatic amines is 1. The Morgan fingerprint density at radius 1 is 1.18 bits per heavy atom. The molecule has 0 bridgehead atoms. The van der Waals surface area contributed by atoms with Crippen LogP contribution in [-0.2, 0) is 9.53 Å². The van der Waals surface area contributed by atoms with E-state index in [-0.39, 0.29) is 47.6 Å². The van der Waals surface area contributed by atoms with Gasteiger partial charge < -0.3 is 20.8 Å². The van der Waals surface area contributed by atoms with Gasteiger partial charge in [0.05, 0.1) is 30.3 Å². The number of nitrogens with one attached hydrogen (secondary N) is 2. The van der Waals surface area contributed by atoms with Crippen LogP contribution in [-0.4, -0.2) is 36.3 Å². The van der Waals surface area contributed by atoms with E-state index in [1.807, 2.05) is 0 Å². The van der Waals surface area contributed by atoms with Crippen molar-refractivity contribution in [2.45, 2.75) is 18.9 Å². The topological polar surface area (TPSA) is 114 Å². The second-order valence-corrected chi connectivity index (χ2v) is 7.79. The number of hydrogen-bond acceptors (Lipinski definition) is 4. The van der Waals surface area contributed by atoms with Crippen LogP contribution in [0, 0.1) is 5.82 Å². The first-order valence-corrected chi connectivity index (χ1v) is 10.5. The number of benzene rings is 2. The Balaban J connectivity index is 2.02. The number of hydrogen-bond donors (Lipinski definition) is 3. The number of ether oxygens (including phenoxy) is 1. The highest BCUT2D eigenvalue weighted by atomic mass is 35.5. The lowest BCUT2D eigenvalue weighted by atomic mass is 9.97. The van der Waals surface area contributed by atoms with Gasteiger partial charge in [0.15, 0.2) is 5.78 Å². The second-order valence-electron chi connectivity index (χ2n) is 7.35. The van der Waals surface area contributed by atoms with E-state index in [4.69, 9.17) is 22.1 Å². The number of aromatic nitrogens is 1. The zero-order chi connectivity index (χ0) is 24.0. The molecule has 0 aliphatic carbocycles. The van der Waals surface area contributed by atoms with Gasteiger partial charge in [-0.05, 0) is 23.8 Å². The fourth-order valence-corrected chi connectivity index (χ4v) is 3.70. The minimum Gasteiger partial charge on any atom is -0.384 e. The summed E-state index contributed by atoms with van der Waals surface area (Å²) in [5.74, 6) is -2.16. The van der Waals surface area contributed by atoms with Gasteiger partial charge in [-0.15, -0.1) is 0 Å². The summed E-state index contributed by atoms with van der Waals surface area (Å²) in [4.78, 5) is 40.5. The van der Waals surface area contributed by atoms with Gasteiger partial charge in [0, 0.05) is 35.9 Å². The fraction of sp³-hybridized carbons (Fsp3) is 0.208. The van der Waals surface area contributed by atoms with Crippen LogP contribution in [0.15, 0.2) is 54.7 Å². The molecule has 33 heavy (non-hydrogen) atoms. The Kier molecular flexibility index (Phi) is 7.97. The first kappa shape index (κ1) is 24.2. The third kappa shape index (κ3) is 5.85. The lowest BCUT2D eigenvalue weighted by Gasteiger charge is -2.18. The van der Waals surface area contributed by atoms with E-state index < -0.39 is 23.7 Å². The molecule has 0 aliphatic rings. The molecular formula is C24H23ClFN3O4. The molecule has 1 atom stereocenters. The SMILES string of the molecule is COCCC(=O)c1[nH]cc(C(=O)N[C@@H](CC(N)=O)c2cccc(Cl)c2)c1-c1ccccc1F. The Hall–Kier alpha value is -3.49. The van der Waals surface area contributed by atoms with Gasteiger partial charge in [-0.25, -0.2) is 4.39 Å². The van der Waals surface area contributed by atoms with Crippen LogP contribution in [0.4, 0.5) is 4.39 Å². The summed E-state index contributed by atoms with van der Waals surface area (Å²) in [5, 5.41) is 3.18. The maximum Gasteiger partial charge on any atom is 0.253 e. The van der Waals surface area contributed by atoms with Crippen LogP contribution in [0.3, 0.4) is 0 Å². The van der Waals surface area contributed by atoms with Crippen molar-refractivity contribution in [1.29, 1.82) is 0 Å². The summed E-state index contributed by atoms with van der Waals surface area (Å²) in [7, 11) is 1.47. The number of carbonyl (C=O) groups is 3. The first-order chi connectivity index (χ1) is 15.8. The van der Waals surface area contributed by atoms with Gasteiger partial charge in [0.1, 0.15) is 5.82 Å². The van der Waals surface area contributed by atoms with Crippen molar-refractivity contribution in [2.24, 2.45) is 5.73 Å². The van der Waals surface area contributed by atoms with Crippen LogP contribution in [0.2, 0.25) is 5.02 Å². The summed E-state index contributed by atoms with van der Waals surface area (Å²) in [6.07, 6.45) is 1.22. The van der Waals surface area contributed by atoms with Crippen molar-refractivity contribution in [1.82, 2.24) is 10.3 Å². The molecule has 0 spiro atoms. The molecule has 172 valence electrons. The number of Topliss-reactive ketones (excluding diaryl/α,β-unsaturated/α-hetero) is 1. The van der Waals surface area contributed by atoms with E-state index in [1.165, 1.54) is 31.5 Å². The number of carbonyl (C=O) groups excluding carboxylic acids is 3. The molecule has 0 unspecified atom stereocenters. The standard InChI is InChI=1S/C24H23ClFN3O4/c1-33-10-9-20(30)23-22(16-7-2-3-8-18(16)26)17(13-28-23)24(32)29-19(12-21(27)31)14-5-4-6-15(25)11-14/h2-8,11,13,19,28H,9-10,12H2,1H3,(H2,27,31)(H,29,32)/t19-/m0/s1. The van der Waals surface area contributed by atoms with Crippen molar-refractivity contribution in [2.75, 3.05) is 13.7 Å². The maximum atomic E-state index is 14.7. The molecular weight excluding hydrogens is 449 g/mol. The number of methoxy groups -OCH3 is 1. The van der Waals surface area contributed by atoms with Crippen LogP contribution in [0.25, 0.3) is 11.1 Å². The summed E-state index contributed by atoms with van der Waals surface area (Å²) in [6, 6.07) is 11.7. The van der Waals surface area contributed by atoms with Crippen LogP contribution in [0.5, 0.6) is 0 Å². The average Bonchev–Trinajstić information content (AvgIpc) is 3.22. The molecule has 0 aliphatic heterocycles. The van der Waals surface area contributed by atoms with Gasteiger partial charge in [0.25, 0.3) is 5.91 Å². The zero-order valence-electron chi connectivity index (χ0n) is 17.9. The minimum atomic E-state index is -0.773. The highest BCUT2D eigenvalue weighted by Gasteiger charge is 2.26. The predicted octanol–water partition coefficient (Wildman–Crippen LogP) is 4.04. The van der Waals surface area contributed by atoms with Crippen LogP contribution < -0.4 is 11.1 Å². The lowest BCUT2D eigenvalue weighted by Crippen LogP contribution is -2.32. The Morgan fingerprint density at radius 2 is 1.94 bits per heavy atom. The molecule has 9 heteroatoms. The monoisotopic (exact) mass is 471 g/mol. The average molecular weight is 472 g/mol. The van der Waals surface area contributed by atoms with E-state index in [0.717, 1.165) is 0 Å². The molecule has 7 nitrogen and oxygen atoms in total. The summed E-state index contributed by atoms with van der Waals surface area (Å²) >= 11 is 6.06. The quantitative estimate of drug-likeness (QED) is 0.387.